The van der Waals surface area contributed by atoms with Crippen molar-refractivity contribution in [3.63, 3.8) is 0 Å². The van der Waals surface area contributed by atoms with Crippen LogP contribution in [0.15, 0.2) is 53.0 Å². The van der Waals surface area contributed by atoms with Gasteiger partial charge in [-0.15, -0.1) is 0 Å². The van der Waals surface area contributed by atoms with Crippen LogP contribution in [0.2, 0.25) is 0 Å². The molecule has 0 aromatic heterocycles. The quantitative estimate of drug-likeness (QED) is 0.515. The molecule has 0 amide bonds. The van der Waals surface area contributed by atoms with Gasteiger partial charge >= 0.3 is 7.12 Å². The number of hydrogen-bond acceptors (Lipinski definition) is 4. The number of rotatable bonds is 7. The first kappa shape index (κ1) is 27.1. The molecule has 6 heteroatoms. The number of halogens is 1. The van der Waals surface area contributed by atoms with Gasteiger partial charge in [0.05, 0.1) is 11.2 Å². The average Bonchev–Trinajstić information content (AvgIpc) is 2.94. The van der Waals surface area contributed by atoms with E-state index in [4.69, 9.17) is 9.31 Å². The van der Waals surface area contributed by atoms with Gasteiger partial charge in [0.1, 0.15) is 0 Å². The maximum atomic E-state index is 6.06. The molecule has 1 aliphatic rings. The highest BCUT2D eigenvalue weighted by Gasteiger charge is 2.51. The molecular weight excluding hydrogens is 463 g/mol. The van der Waals surface area contributed by atoms with Crippen molar-refractivity contribution in [2.75, 3.05) is 41.3 Å². The molecule has 176 valence electrons. The normalized spacial score (nSPS) is 16.9. The highest BCUT2D eigenvalue weighted by atomic mass is 79.9. The predicted molar refractivity (Wildman–Crippen MR) is 141 cm³/mol. The Morgan fingerprint density at radius 1 is 0.688 bits per heavy atom. The van der Waals surface area contributed by atoms with Crippen LogP contribution in [0.25, 0.3) is 0 Å². The molecular formula is C26H40BBrN2O2. The number of likely N-dealkylation sites (N-methyl/N-ethyl adjacent to an activating group) is 2. The third-order valence-corrected chi connectivity index (χ3v) is 6.64. The zero-order valence-corrected chi connectivity index (χ0v) is 22.7. The van der Waals surface area contributed by atoms with Crippen molar-refractivity contribution in [2.45, 2.75) is 51.7 Å². The zero-order valence-electron chi connectivity index (χ0n) is 21.1. The molecule has 1 heterocycles. The summed E-state index contributed by atoms with van der Waals surface area (Å²) in [6.07, 6.45) is 2.19. The molecule has 0 spiro atoms. The van der Waals surface area contributed by atoms with Gasteiger partial charge in [-0.05, 0) is 97.4 Å². The van der Waals surface area contributed by atoms with Crippen LogP contribution in [0.1, 0.15) is 38.8 Å². The monoisotopic (exact) mass is 502 g/mol. The Labute approximate surface area is 204 Å². The topological polar surface area (TPSA) is 24.9 Å². The molecule has 1 aliphatic heterocycles. The third kappa shape index (κ3) is 8.31. The van der Waals surface area contributed by atoms with Crippen molar-refractivity contribution in [3.05, 3.63) is 64.1 Å². The van der Waals surface area contributed by atoms with Gasteiger partial charge in [0.15, 0.2) is 0 Å². The summed E-state index contributed by atoms with van der Waals surface area (Å²) in [5.74, 6) is 0. The van der Waals surface area contributed by atoms with Crippen molar-refractivity contribution in [3.8, 4) is 0 Å². The van der Waals surface area contributed by atoms with E-state index in [0.29, 0.717) is 0 Å². The van der Waals surface area contributed by atoms with Gasteiger partial charge in [-0.3, -0.25) is 0 Å². The largest absolute Gasteiger partial charge is 0.494 e. The molecule has 0 saturated carbocycles. The molecule has 2 aromatic rings. The molecule has 2 aromatic carbocycles. The van der Waals surface area contributed by atoms with Crippen LogP contribution < -0.4 is 5.46 Å². The van der Waals surface area contributed by atoms with E-state index in [9.17, 15) is 0 Å². The summed E-state index contributed by atoms with van der Waals surface area (Å²) >= 11 is 3.42. The lowest BCUT2D eigenvalue weighted by molar-refractivity contribution is 0.00578. The first-order valence-corrected chi connectivity index (χ1v) is 12.2. The van der Waals surface area contributed by atoms with E-state index in [0.717, 1.165) is 35.9 Å². The van der Waals surface area contributed by atoms with Crippen molar-refractivity contribution in [1.29, 1.82) is 0 Å². The van der Waals surface area contributed by atoms with E-state index in [1.165, 1.54) is 11.1 Å². The first-order chi connectivity index (χ1) is 14.9. The Morgan fingerprint density at radius 3 is 1.44 bits per heavy atom. The van der Waals surface area contributed by atoms with E-state index >= 15 is 0 Å². The summed E-state index contributed by atoms with van der Waals surface area (Å²) in [5, 5.41) is 0. The molecule has 0 bridgehead atoms. The van der Waals surface area contributed by atoms with Crippen LogP contribution in [0, 0.1) is 0 Å². The van der Waals surface area contributed by atoms with Gasteiger partial charge < -0.3 is 19.1 Å². The fourth-order valence-corrected chi connectivity index (χ4v) is 3.44. The fourth-order valence-electron chi connectivity index (χ4n) is 3.18. The highest BCUT2D eigenvalue weighted by Crippen LogP contribution is 2.36. The minimum absolute atomic E-state index is 0.261. The smallest absolute Gasteiger partial charge is 0.399 e. The third-order valence-electron chi connectivity index (χ3n) is 6.11. The Morgan fingerprint density at radius 2 is 1.06 bits per heavy atom. The summed E-state index contributed by atoms with van der Waals surface area (Å²) in [7, 11) is 8.12. The van der Waals surface area contributed by atoms with Crippen molar-refractivity contribution in [2.24, 2.45) is 0 Å². The minimum Gasteiger partial charge on any atom is -0.399 e. The summed E-state index contributed by atoms with van der Waals surface area (Å²) < 4.78 is 13.3. The van der Waals surface area contributed by atoms with Crippen molar-refractivity contribution >= 4 is 28.5 Å². The van der Waals surface area contributed by atoms with Gasteiger partial charge in [0, 0.05) is 17.6 Å². The van der Waals surface area contributed by atoms with Crippen LogP contribution in [-0.2, 0) is 22.2 Å². The van der Waals surface area contributed by atoms with Crippen LogP contribution in [0.3, 0.4) is 0 Å². The number of hydrogen-bond donors (Lipinski definition) is 0. The standard InChI is InChI=1S/C16H26BNO2.C10H14BrN/c1-15(2)16(3,4)20-17(19-15)14-9-7-13(8-10-14)11-12-18(5)6;1-12(2)8-7-9-3-5-10(11)6-4-9/h7-10H,11-12H2,1-6H3;3-6H,7-8H2,1-2H3. The maximum Gasteiger partial charge on any atom is 0.494 e. The molecule has 0 unspecified atom stereocenters. The summed E-state index contributed by atoms with van der Waals surface area (Å²) in [5.41, 5.74) is 3.28. The van der Waals surface area contributed by atoms with E-state index in [1.807, 2.05) is 0 Å². The predicted octanol–water partition coefficient (Wildman–Crippen LogP) is 4.64. The molecule has 0 aliphatic carbocycles. The molecule has 0 radical (unpaired) electrons. The highest BCUT2D eigenvalue weighted by molar-refractivity contribution is 9.10. The Kier molecular flexibility index (Phi) is 9.98. The lowest BCUT2D eigenvalue weighted by Gasteiger charge is -2.32. The van der Waals surface area contributed by atoms with Gasteiger partial charge in [-0.1, -0.05) is 52.3 Å². The summed E-state index contributed by atoms with van der Waals surface area (Å²) in [6.45, 7) is 10.5. The van der Waals surface area contributed by atoms with Crippen LogP contribution in [0.4, 0.5) is 0 Å². The van der Waals surface area contributed by atoms with Gasteiger partial charge in [-0.25, -0.2) is 0 Å². The second-order valence-electron chi connectivity index (χ2n) is 10.1. The molecule has 0 N–H and O–H groups in total. The van der Waals surface area contributed by atoms with E-state index in [2.05, 4.69) is 130 Å². The SMILES string of the molecule is CN(C)CCc1ccc(B2OC(C)(C)C(C)(C)O2)cc1.CN(C)CCc1ccc(Br)cc1. The molecule has 1 fully saturated rings. The summed E-state index contributed by atoms with van der Waals surface area (Å²) in [6, 6.07) is 17.1. The van der Waals surface area contributed by atoms with Crippen molar-refractivity contribution < 1.29 is 9.31 Å². The molecule has 1 saturated heterocycles. The van der Waals surface area contributed by atoms with Crippen LogP contribution in [-0.4, -0.2) is 69.4 Å². The fraction of sp³-hybridized carbons (Fsp3) is 0.538. The molecule has 0 atom stereocenters. The van der Waals surface area contributed by atoms with E-state index in [-0.39, 0.29) is 18.3 Å². The molecule has 3 rings (SSSR count). The number of nitrogens with zero attached hydrogens (tertiary/aromatic N) is 2. The molecule has 32 heavy (non-hydrogen) atoms. The van der Waals surface area contributed by atoms with Crippen LogP contribution in [0.5, 0.6) is 0 Å². The number of benzene rings is 2. The van der Waals surface area contributed by atoms with E-state index < -0.39 is 0 Å². The van der Waals surface area contributed by atoms with Gasteiger partial charge in [0.2, 0.25) is 0 Å². The van der Waals surface area contributed by atoms with E-state index in [1.54, 1.807) is 0 Å². The Hall–Kier alpha value is -1.18. The Balaban J connectivity index is 0.000000258. The minimum atomic E-state index is -0.277. The lowest BCUT2D eigenvalue weighted by atomic mass is 9.79. The maximum absolute atomic E-state index is 6.06. The summed E-state index contributed by atoms with van der Waals surface area (Å²) in [4.78, 5) is 4.39. The second kappa shape index (κ2) is 11.8. The van der Waals surface area contributed by atoms with Gasteiger partial charge in [0.25, 0.3) is 0 Å². The zero-order chi connectivity index (χ0) is 23.9. The van der Waals surface area contributed by atoms with Crippen LogP contribution >= 0.6 is 15.9 Å². The van der Waals surface area contributed by atoms with Crippen molar-refractivity contribution in [1.82, 2.24) is 9.80 Å². The lowest BCUT2D eigenvalue weighted by Crippen LogP contribution is -2.41. The first-order valence-electron chi connectivity index (χ1n) is 11.4. The Bertz CT molecular complexity index is 805. The second-order valence-corrected chi connectivity index (χ2v) is 11.0. The van der Waals surface area contributed by atoms with Gasteiger partial charge in [-0.2, -0.15) is 0 Å². The average molecular weight is 503 g/mol. The molecule has 4 nitrogen and oxygen atoms in total.